The van der Waals surface area contributed by atoms with Crippen molar-refractivity contribution in [2.45, 2.75) is 52.0 Å². The van der Waals surface area contributed by atoms with Crippen LogP contribution >= 0.6 is 0 Å². The molecule has 20 heavy (non-hydrogen) atoms. The normalized spacial score (nSPS) is 27.0. The molecule has 3 unspecified atom stereocenters. The Bertz CT molecular complexity index is 424. The first kappa shape index (κ1) is 15.4. The summed E-state index contributed by atoms with van der Waals surface area (Å²) in [7, 11) is 0. The lowest BCUT2D eigenvalue weighted by molar-refractivity contribution is 0.230. The Labute approximate surface area is 120 Å². The zero-order valence-corrected chi connectivity index (χ0v) is 12.6. The van der Waals surface area contributed by atoms with E-state index in [0.29, 0.717) is 23.4 Å². The SMILES string of the molecule is CC1CCC(CNC(C)C)C(c2c(F)cccc2F)C1. The highest BCUT2D eigenvalue weighted by molar-refractivity contribution is 5.25. The standard InChI is InChI=1S/C17H25F2N/c1-11(2)20-10-13-8-7-12(3)9-14(13)17-15(18)5-4-6-16(17)19/h4-6,11-14,20H,7-10H2,1-3H3. The molecule has 3 atom stereocenters. The average molecular weight is 281 g/mol. The fourth-order valence-corrected chi connectivity index (χ4v) is 3.29. The maximum Gasteiger partial charge on any atom is 0.129 e. The molecule has 0 spiro atoms. The van der Waals surface area contributed by atoms with Crippen molar-refractivity contribution in [3.63, 3.8) is 0 Å². The first-order chi connectivity index (χ1) is 9.49. The third-order valence-electron chi connectivity index (χ3n) is 4.41. The van der Waals surface area contributed by atoms with Crippen LogP contribution in [-0.4, -0.2) is 12.6 Å². The highest BCUT2D eigenvalue weighted by Gasteiger charge is 2.33. The van der Waals surface area contributed by atoms with E-state index in [1.165, 1.54) is 18.2 Å². The largest absolute Gasteiger partial charge is 0.314 e. The third-order valence-corrected chi connectivity index (χ3v) is 4.41. The zero-order valence-electron chi connectivity index (χ0n) is 12.6. The van der Waals surface area contributed by atoms with Crippen LogP contribution in [0, 0.1) is 23.5 Å². The summed E-state index contributed by atoms with van der Waals surface area (Å²) in [6.07, 6.45) is 3.07. The van der Waals surface area contributed by atoms with Crippen LogP contribution < -0.4 is 5.32 Å². The molecule has 3 heteroatoms. The number of benzene rings is 1. The minimum absolute atomic E-state index is 0.00815. The second-order valence-corrected chi connectivity index (χ2v) is 6.48. The van der Waals surface area contributed by atoms with Gasteiger partial charge in [-0.3, -0.25) is 0 Å². The minimum atomic E-state index is -0.390. The fourth-order valence-electron chi connectivity index (χ4n) is 3.29. The van der Waals surface area contributed by atoms with Gasteiger partial charge in [-0.25, -0.2) is 8.78 Å². The van der Waals surface area contributed by atoms with E-state index in [9.17, 15) is 8.78 Å². The molecule has 1 N–H and O–H groups in total. The number of hydrogen-bond donors (Lipinski definition) is 1. The molecule has 112 valence electrons. The summed E-state index contributed by atoms with van der Waals surface area (Å²) in [5.74, 6) is 0.0674. The van der Waals surface area contributed by atoms with Crippen molar-refractivity contribution < 1.29 is 8.78 Å². The maximum atomic E-state index is 14.1. The van der Waals surface area contributed by atoms with Crippen molar-refractivity contribution in [2.75, 3.05) is 6.54 Å². The van der Waals surface area contributed by atoms with Crippen LogP contribution in [0.5, 0.6) is 0 Å². The molecule has 0 amide bonds. The summed E-state index contributed by atoms with van der Waals surface area (Å²) < 4.78 is 28.1. The molecular formula is C17H25F2N. The van der Waals surface area contributed by atoms with Crippen LogP contribution in [0.15, 0.2) is 18.2 Å². The van der Waals surface area contributed by atoms with E-state index >= 15 is 0 Å². The Morgan fingerprint density at radius 2 is 1.85 bits per heavy atom. The molecule has 0 heterocycles. The van der Waals surface area contributed by atoms with Gasteiger partial charge in [0, 0.05) is 11.6 Å². The van der Waals surface area contributed by atoms with Gasteiger partial charge in [-0.15, -0.1) is 0 Å². The summed E-state index contributed by atoms with van der Waals surface area (Å²) in [5.41, 5.74) is 0.301. The van der Waals surface area contributed by atoms with Crippen LogP contribution in [0.2, 0.25) is 0 Å². The molecular weight excluding hydrogens is 256 g/mol. The van der Waals surface area contributed by atoms with Crippen LogP contribution in [-0.2, 0) is 0 Å². The molecule has 1 aromatic carbocycles. The second-order valence-electron chi connectivity index (χ2n) is 6.48. The van der Waals surface area contributed by atoms with Gasteiger partial charge in [0.05, 0.1) is 0 Å². The molecule has 1 saturated carbocycles. The van der Waals surface area contributed by atoms with Crippen molar-refractivity contribution in [2.24, 2.45) is 11.8 Å². The molecule has 1 nitrogen and oxygen atoms in total. The molecule has 0 saturated heterocycles. The first-order valence-electron chi connectivity index (χ1n) is 7.66. The van der Waals surface area contributed by atoms with Gasteiger partial charge in [-0.05, 0) is 49.3 Å². The Morgan fingerprint density at radius 1 is 1.20 bits per heavy atom. The molecule has 0 aromatic heterocycles. The van der Waals surface area contributed by atoms with E-state index < -0.39 is 11.6 Å². The number of hydrogen-bond acceptors (Lipinski definition) is 1. The van der Waals surface area contributed by atoms with Crippen molar-refractivity contribution in [3.8, 4) is 0 Å². The molecule has 1 aliphatic carbocycles. The number of rotatable bonds is 4. The molecule has 0 aliphatic heterocycles. The van der Waals surface area contributed by atoms with Gasteiger partial charge >= 0.3 is 0 Å². The van der Waals surface area contributed by atoms with Crippen molar-refractivity contribution >= 4 is 0 Å². The van der Waals surface area contributed by atoms with Crippen molar-refractivity contribution in [1.82, 2.24) is 5.32 Å². The van der Waals surface area contributed by atoms with Crippen LogP contribution in [0.1, 0.15) is 51.5 Å². The van der Waals surface area contributed by atoms with Gasteiger partial charge in [-0.2, -0.15) is 0 Å². The van der Waals surface area contributed by atoms with E-state index in [4.69, 9.17) is 0 Å². The molecule has 0 bridgehead atoms. The van der Waals surface area contributed by atoms with E-state index in [2.05, 4.69) is 26.1 Å². The molecule has 0 radical (unpaired) electrons. The lowest BCUT2D eigenvalue weighted by Gasteiger charge is -2.36. The smallest absolute Gasteiger partial charge is 0.129 e. The molecule has 1 aromatic rings. The van der Waals surface area contributed by atoms with Gasteiger partial charge in [0.15, 0.2) is 0 Å². The number of halogens is 2. The van der Waals surface area contributed by atoms with Crippen LogP contribution in [0.4, 0.5) is 8.78 Å². The van der Waals surface area contributed by atoms with Crippen LogP contribution in [0.25, 0.3) is 0 Å². The van der Waals surface area contributed by atoms with Gasteiger partial charge in [-0.1, -0.05) is 33.3 Å². The topological polar surface area (TPSA) is 12.0 Å². The highest BCUT2D eigenvalue weighted by atomic mass is 19.1. The van der Waals surface area contributed by atoms with Gasteiger partial charge in [0.25, 0.3) is 0 Å². The summed E-state index contributed by atoms with van der Waals surface area (Å²) >= 11 is 0. The summed E-state index contributed by atoms with van der Waals surface area (Å²) in [6, 6.07) is 4.61. The second kappa shape index (κ2) is 6.66. The predicted molar refractivity (Wildman–Crippen MR) is 78.7 cm³/mol. The average Bonchev–Trinajstić information content (AvgIpc) is 2.37. The lowest BCUT2D eigenvalue weighted by Crippen LogP contribution is -2.35. The minimum Gasteiger partial charge on any atom is -0.314 e. The molecule has 1 fully saturated rings. The van der Waals surface area contributed by atoms with Crippen molar-refractivity contribution in [1.29, 1.82) is 0 Å². The summed E-state index contributed by atoms with van der Waals surface area (Å²) in [4.78, 5) is 0. The Hall–Kier alpha value is -0.960. The van der Waals surface area contributed by atoms with Gasteiger partial charge in [0.2, 0.25) is 0 Å². The monoisotopic (exact) mass is 281 g/mol. The summed E-state index contributed by atoms with van der Waals surface area (Å²) in [6.45, 7) is 7.22. The van der Waals surface area contributed by atoms with Gasteiger partial charge in [0.1, 0.15) is 11.6 Å². The Morgan fingerprint density at radius 3 is 2.45 bits per heavy atom. The lowest BCUT2D eigenvalue weighted by atomic mass is 9.71. The van der Waals surface area contributed by atoms with Gasteiger partial charge < -0.3 is 5.32 Å². The third kappa shape index (κ3) is 3.57. The van der Waals surface area contributed by atoms with E-state index in [0.717, 1.165) is 25.8 Å². The quantitative estimate of drug-likeness (QED) is 0.858. The summed E-state index contributed by atoms with van der Waals surface area (Å²) in [5, 5.41) is 3.42. The Balaban J connectivity index is 2.23. The fraction of sp³-hybridized carbons (Fsp3) is 0.647. The van der Waals surface area contributed by atoms with E-state index in [1.807, 2.05) is 0 Å². The predicted octanol–water partition coefficient (Wildman–Crippen LogP) is 4.48. The maximum absolute atomic E-state index is 14.1. The molecule has 2 rings (SSSR count). The van der Waals surface area contributed by atoms with E-state index in [-0.39, 0.29) is 5.92 Å². The van der Waals surface area contributed by atoms with Crippen LogP contribution in [0.3, 0.4) is 0 Å². The first-order valence-corrected chi connectivity index (χ1v) is 7.66. The van der Waals surface area contributed by atoms with Crippen molar-refractivity contribution in [3.05, 3.63) is 35.4 Å². The molecule has 1 aliphatic rings. The Kier molecular flexibility index (Phi) is 5.14. The number of nitrogens with one attached hydrogen (secondary N) is 1. The van der Waals surface area contributed by atoms with E-state index in [1.54, 1.807) is 0 Å². The highest BCUT2D eigenvalue weighted by Crippen LogP contribution is 2.42. The zero-order chi connectivity index (χ0) is 14.7.